The molecule has 1 fully saturated rings. The molecular formula is C15H20N2O3. The van der Waals surface area contributed by atoms with E-state index in [-0.39, 0.29) is 17.1 Å². The lowest BCUT2D eigenvalue weighted by Crippen LogP contribution is -2.47. The van der Waals surface area contributed by atoms with Gasteiger partial charge in [0.2, 0.25) is 0 Å². The highest BCUT2D eigenvalue weighted by Gasteiger charge is 2.38. The molecule has 2 amide bonds. The minimum atomic E-state index is -0.973. The van der Waals surface area contributed by atoms with E-state index in [2.05, 4.69) is 10.6 Å². The second kappa shape index (κ2) is 5.15. The van der Waals surface area contributed by atoms with Gasteiger partial charge >= 0.3 is 12.0 Å². The Kier molecular flexibility index (Phi) is 3.70. The van der Waals surface area contributed by atoms with E-state index in [1.807, 2.05) is 13.8 Å². The van der Waals surface area contributed by atoms with Crippen LogP contribution in [-0.2, 0) is 0 Å². The second-order valence-electron chi connectivity index (χ2n) is 5.91. The number of rotatable bonds is 4. The summed E-state index contributed by atoms with van der Waals surface area (Å²) in [4.78, 5) is 22.8. The summed E-state index contributed by atoms with van der Waals surface area (Å²) < 4.78 is 0. The zero-order valence-electron chi connectivity index (χ0n) is 12.0. The van der Waals surface area contributed by atoms with Crippen LogP contribution in [-0.4, -0.2) is 22.6 Å². The van der Waals surface area contributed by atoms with Gasteiger partial charge in [0.1, 0.15) is 0 Å². The average molecular weight is 276 g/mol. The number of carbonyl (C=O) groups excluding carboxylic acids is 1. The van der Waals surface area contributed by atoms with Gasteiger partial charge in [0.25, 0.3) is 0 Å². The Balaban J connectivity index is 2.02. The number of benzene rings is 1. The third-order valence-electron chi connectivity index (χ3n) is 3.76. The number of hydrogen-bond donors (Lipinski definition) is 3. The summed E-state index contributed by atoms with van der Waals surface area (Å²) >= 11 is 0. The molecule has 20 heavy (non-hydrogen) atoms. The maximum atomic E-state index is 12.0. The molecule has 3 N–H and O–H groups in total. The highest BCUT2D eigenvalue weighted by atomic mass is 16.4. The summed E-state index contributed by atoms with van der Waals surface area (Å²) in [6, 6.07) is 4.39. The van der Waals surface area contributed by atoms with Crippen molar-refractivity contribution in [3.8, 4) is 0 Å². The van der Waals surface area contributed by atoms with E-state index >= 15 is 0 Å². The molecule has 0 unspecified atom stereocenters. The number of carboxylic acids is 1. The summed E-state index contributed by atoms with van der Waals surface area (Å²) in [6.07, 6.45) is 2.30. The molecular weight excluding hydrogens is 256 g/mol. The molecule has 1 aliphatic carbocycles. The van der Waals surface area contributed by atoms with Gasteiger partial charge in [-0.1, -0.05) is 0 Å². The Labute approximate surface area is 118 Å². The van der Waals surface area contributed by atoms with Gasteiger partial charge in [-0.2, -0.15) is 0 Å². The molecule has 0 heterocycles. The smallest absolute Gasteiger partial charge is 0.335 e. The molecule has 108 valence electrons. The first-order chi connectivity index (χ1) is 9.29. The van der Waals surface area contributed by atoms with Gasteiger partial charge in [-0.05, 0) is 63.3 Å². The van der Waals surface area contributed by atoms with E-state index < -0.39 is 5.97 Å². The molecule has 0 spiro atoms. The van der Waals surface area contributed by atoms with Crippen molar-refractivity contribution in [2.45, 2.75) is 39.2 Å². The fraction of sp³-hybridized carbons (Fsp3) is 0.467. The number of hydrogen-bond acceptors (Lipinski definition) is 2. The van der Waals surface area contributed by atoms with E-state index in [9.17, 15) is 9.59 Å². The van der Waals surface area contributed by atoms with E-state index in [4.69, 9.17) is 5.11 Å². The lowest BCUT2D eigenvalue weighted by Gasteiger charge is -2.26. The zero-order chi connectivity index (χ0) is 14.9. The summed E-state index contributed by atoms with van der Waals surface area (Å²) in [5, 5.41) is 14.6. The van der Waals surface area contributed by atoms with E-state index in [1.165, 1.54) is 6.07 Å². The molecule has 0 saturated heterocycles. The van der Waals surface area contributed by atoms with Crippen LogP contribution in [0.5, 0.6) is 0 Å². The molecule has 0 aliphatic heterocycles. The third kappa shape index (κ3) is 3.29. The van der Waals surface area contributed by atoms with Crippen molar-refractivity contribution in [3.05, 3.63) is 29.3 Å². The number of aryl methyl sites for hydroxylation is 1. The normalized spacial score (nSPS) is 14.8. The van der Waals surface area contributed by atoms with Crippen molar-refractivity contribution in [1.29, 1.82) is 0 Å². The number of urea groups is 1. The monoisotopic (exact) mass is 276 g/mol. The Morgan fingerprint density at radius 2 is 1.95 bits per heavy atom. The first-order valence-electron chi connectivity index (χ1n) is 6.73. The zero-order valence-corrected chi connectivity index (χ0v) is 12.0. The molecule has 1 aromatic carbocycles. The van der Waals surface area contributed by atoms with Crippen LogP contribution in [0.2, 0.25) is 0 Å². The van der Waals surface area contributed by atoms with Gasteiger partial charge in [0, 0.05) is 11.2 Å². The predicted octanol–water partition coefficient (Wildman–Crippen LogP) is 3.00. The van der Waals surface area contributed by atoms with Crippen LogP contribution in [0.25, 0.3) is 0 Å². The Morgan fingerprint density at radius 3 is 2.45 bits per heavy atom. The van der Waals surface area contributed by atoms with E-state index in [0.717, 1.165) is 18.4 Å². The fourth-order valence-corrected chi connectivity index (χ4v) is 2.29. The summed E-state index contributed by atoms with van der Waals surface area (Å²) in [7, 11) is 0. The van der Waals surface area contributed by atoms with Gasteiger partial charge < -0.3 is 15.7 Å². The van der Waals surface area contributed by atoms with Crippen LogP contribution in [0, 0.1) is 12.8 Å². The lowest BCUT2D eigenvalue weighted by molar-refractivity contribution is 0.0697. The minimum Gasteiger partial charge on any atom is -0.478 e. The maximum absolute atomic E-state index is 12.0. The van der Waals surface area contributed by atoms with Crippen molar-refractivity contribution >= 4 is 17.7 Å². The standard InChI is InChI=1S/C15H20N2O3/c1-9-8-10(13(18)19)4-7-12(9)16-14(20)17-15(2,3)11-5-6-11/h4,7-8,11H,5-6H2,1-3H3,(H,18,19)(H2,16,17,20). The topological polar surface area (TPSA) is 78.4 Å². The van der Waals surface area contributed by atoms with Gasteiger partial charge in [0.05, 0.1) is 5.56 Å². The molecule has 0 atom stereocenters. The van der Waals surface area contributed by atoms with Crippen molar-refractivity contribution in [1.82, 2.24) is 5.32 Å². The average Bonchev–Trinajstić information content (AvgIpc) is 3.14. The first kappa shape index (κ1) is 14.4. The first-order valence-corrected chi connectivity index (χ1v) is 6.73. The predicted molar refractivity (Wildman–Crippen MR) is 77.1 cm³/mol. The second-order valence-corrected chi connectivity index (χ2v) is 5.91. The number of amides is 2. The van der Waals surface area contributed by atoms with Crippen molar-refractivity contribution in [2.75, 3.05) is 5.32 Å². The number of anilines is 1. The molecule has 1 aliphatic rings. The number of carboxylic acid groups (broad SMARTS) is 1. The van der Waals surface area contributed by atoms with Gasteiger partial charge in [0.15, 0.2) is 0 Å². The number of nitrogens with one attached hydrogen (secondary N) is 2. The highest BCUT2D eigenvalue weighted by molar-refractivity contribution is 5.93. The van der Waals surface area contributed by atoms with Crippen LogP contribution in [0.1, 0.15) is 42.6 Å². The lowest BCUT2D eigenvalue weighted by atomic mass is 9.99. The van der Waals surface area contributed by atoms with E-state index in [1.54, 1.807) is 19.1 Å². The SMILES string of the molecule is Cc1cc(C(=O)O)ccc1NC(=O)NC(C)(C)C1CC1. The molecule has 2 rings (SSSR count). The van der Waals surface area contributed by atoms with Gasteiger partial charge in [-0.3, -0.25) is 0 Å². The van der Waals surface area contributed by atoms with Gasteiger partial charge in [-0.15, -0.1) is 0 Å². The molecule has 5 nitrogen and oxygen atoms in total. The Hall–Kier alpha value is -2.04. The number of carbonyl (C=O) groups is 2. The number of aromatic carboxylic acids is 1. The maximum Gasteiger partial charge on any atom is 0.335 e. The molecule has 1 aromatic rings. The molecule has 0 radical (unpaired) electrons. The van der Waals surface area contributed by atoms with E-state index in [0.29, 0.717) is 11.6 Å². The molecule has 1 saturated carbocycles. The largest absolute Gasteiger partial charge is 0.478 e. The molecule has 0 bridgehead atoms. The fourth-order valence-electron chi connectivity index (χ4n) is 2.29. The summed E-state index contributed by atoms with van der Waals surface area (Å²) in [5.74, 6) is -0.428. The Morgan fingerprint density at radius 1 is 1.30 bits per heavy atom. The minimum absolute atomic E-state index is 0.209. The van der Waals surface area contributed by atoms with Crippen molar-refractivity contribution < 1.29 is 14.7 Å². The quantitative estimate of drug-likeness (QED) is 0.791. The van der Waals surface area contributed by atoms with Crippen LogP contribution in [0.3, 0.4) is 0 Å². The van der Waals surface area contributed by atoms with Crippen LogP contribution in [0.15, 0.2) is 18.2 Å². The highest BCUT2D eigenvalue weighted by Crippen LogP contribution is 2.39. The van der Waals surface area contributed by atoms with Crippen molar-refractivity contribution in [3.63, 3.8) is 0 Å². The van der Waals surface area contributed by atoms with Crippen LogP contribution in [0.4, 0.5) is 10.5 Å². The third-order valence-corrected chi connectivity index (χ3v) is 3.76. The molecule has 0 aromatic heterocycles. The summed E-state index contributed by atoms with van der Waals surface area (Å²) in [5.41, 5.74) is 1.36. The van der Waals surface area contributed by atoms with Crippen molar-refractivity contribution in [2.24, 2.45) is 5.92 Å². The van der Waals surface area contributed by atoms with Crippen LogP contribution < -0.4 is 10.6 Å². The molecule has 5 heteroatoms. The van der Waals surface area contributed by atoms with Crippen LogP contribution >= 0.6 is 0 Å². The van der Waals surface area contributed by atoms with Gasteiger partial charge in [-0.25, -0.2) is 9.59 Å². The summed E-state index contributed by atoms with van der Waals surface area (Å²) in [6.45, 7) is 5.81. The Bertz CT molecular complexity index is 548.